The fourth-order valence-corrected chi connectivity index (χ4v) is 2.74. The molecule has 1 aromatic heterocycles. The number of thiophene rings is 1. The number of carbonyl (C=O) groups is 2. The van der Waals surface area contributed by atoms with Crippen molar-refractivity contribution in [1.82, 2.24) is 5.32 Å². The third kappa shape index (κ3) is 2.96. The normalized spacial score (nSPS) is 10.1. The van der Waals surface area contributed by atoms with Crippen LogP contribution in [0.1, 0.15) is 26.3 Å². The highest BCUT2D eigenvalue weighted by molar-refractivity contribution is 7.14. The minimum atomic E-state index is -0.535. The van der Waals surface area contributed by atoms with Gasteiger partial charge in [0.15, 0.2) is 0 Å². The molecule has 2 amide bonds. The SMILES string of the molecule is CNC(=O)c1ccsc1NC(=O)c1cccc([N+](=O)[O-])c1C. The van der Waals surface area contributed by atoms with Gasteiger partial charge < -0.3 is 10.6 Å². The lowest BCUT2D eigenvalue weighted by Gasteiger charge is -2.08. The molecule has 1 aromatic carbocycles. The third-order valence-electron chi connectivity index (χ3n) is 3.11. The van der Waals surface area contributed by atoms with Crippen molar-refractivity contribution in [2.24, 2.45) is 0 Å². The van der Waals surface area contributed by atoms with Crippen LogP contribution in [0.2, 0.25) is 0 Å². The first-order valence-corrected chi connectivity index (χ1v) is 7.18. The molecule has 0 aliphatic carbocycles. The molecular formula is C14H13N3O4S. The van der Waals surface area contributed by atoms with Crippen LogP contribution in [0.3, 0.4) is 0 Å². The molecular weight excluding hydrogens is 306 g/mol. The third-order valence-corrected chi connectivity index (χ3v) is 3.94. The fourth-order valence-electron chi connectivity index (χ4n) is 1.96. The van der Waals surface area contributed by atoms with Crippen LogP contribution in [0.25, 0.3) is 0 Å². The lowest BCUT2D eigenvalue weighted by molar-refractivity contribution is -0.385. The number of carbonyl (C=O) groups excluding carboxylic acids is 2. The molecule has 0 bridgehead atoms. The molecule has 2 rings (SSSR count). The number of amides is 2. The fraction of sp³-hybridized carbons (Fsp3) is 0.143. The summed E-state index contributed by atoms with van der Waals surface area (Å²) in [5.74, 6) is -0.805. The molecule has 0 radical (unpaired) electrons. The molecule has 0 saturated heterocycles. The van der Waals surface area contributed by atoms with E-state index in [2.05, 4.69) is 10.6 Å². The summed E-state index contributed by atoms with van der Waals surface area (Å²) in [4.78, 5) is 34.4. The Morgan fingerprint density at radius 1 is 1.18 bits per heavy atom. The number of hydrogen-bond donors (Lipinski definition) is 2. The maximum atomic E-state index is 12.3. The average Bonchev–Trinajstić information content (AvgIpc) is 2.94. The summed E-state index contributed by atoms with van der Waals surface area (Å²) in [6, 6.07) is 5.89. The van der Waals surface area contributed by atoms with Gasteiger partial charge in [-0.3, -0.25) is 19.7 Å². The molecule has 2 N–H and O–H groups in total. The second-order valence-corrected chi connectivity index (χ2v) is 5.32. The van der Waals surface area contributed by atoms with Gasteiger partial charge in [-0.2, -0.15) is 0 Å². The van der Waals surface area contributed by atoms with Gasteiger partial charge in [-0.25, -0.2) is 0 Å². The van der Waals surface area contributed by atoms with Gasteiger partial charge in [0.05, 0.1) is 10.5 Å². The summed E-state index contributed by atoms with van der Waals surface area (Å²) < 4.78 is 0. The maximum Gasteiger partial charge on any atom is 0.273 e. The summed E-state index contributed by atoms with van der Waals surface area (Å²) in [7, 11) is 1.50. The summed E-state index contributed by atoms with van der Waals surface area (Å²) in [6.45, 7) is 1.52. The first-order valence-electron chi connectivity index (χ1n) is 6.30. The van der Waals surface area contributed by atoms with Gasteiger partial charge in [0.2, 0.25) is 0 Å². The number of anilines is 1. The Kier molecular flexibility index (Phi) is 4.52. The Morgan fingerprint density at radius 2 is 1.91 bits per heavy atom. The van der Waals surface area contributed by atoms with Crippen LogP contribution in [0.15, 0.2) is 29.6 Å². The van der Waals surface area contributed by atoms with Gasteiger partial charge in [-0.1, -0.05) is 6.07 Å². The van der Waals surface area contributed by atoms with E-state index in [9.17, 15) is 19.7 Å². The minimum absolute atomic E-state index is 0.120. The molecule has 2 aromatic rings. The predicted octanol–water partition coefficient (Wildman–Crippen LogP) is 2.58. The van der Waals surface area contributed by atoms with Crippen molar-refractivity contribution in [2.75, 3.05) is 12.4 Å². The number of hydrogen-bond acceptors (Lipinski definition) is 5. The highest BCUT2D eigenvalue weighted by Crippen LogP contribution is 2.26. The molecule has 0 saturated carbocycles. The van der Waals surface area contributed by atoms with Crippen molar-refractivity contribution >= 4 is 33.8 Å². The molecule has 22 heavy (non-hydrogen) atoms. The standard InChI is InChI=1S/C14H13N3O4S/c1-8-9(4-3-5-11(8)17(20)21)13(19)16-14-10(6-7-22-14)12(18)15-2/h3-7H,1-2H3,(H,15,18)(H,16,19). The average molecular weight is 319 g/mol. The quantitative estimate of drug-likeness (QED) is 0.668. The molecule has 8 heteroatoms. The van der Waals surface area contributed by atoms with Crippen LogP contribution in [0.4, 0.5) is 10.7 Å². The van der Waals surface area contributed by atoms with Crippen molar-refractivity contribution < 1.29 is 14.5 Å². The van der Waals surface area contributed by atoms with Crippen molar-refractivity contribution in [2.45, 2.75) is 6.92 Å². The van der Waals surface area contributed by atoms with Crippen LogP contribution in [0.5, 0.6) is 0 Å². The number of nitrogens with zero attached hydrogens (tertiary/aromatic N) is 1. The highest BCUT2D eigenvalue weighted by Gasteiger charge is 2.20. The van der Waals surface area contributed by atoms with Crippen LogP contribution in [-0.4, -0.2) is 23.8 Å². The molecule has 7 nitrogen and oxygen atoms in total. The van der Waals surface area contributed by atoms with Crippen molar-refractivity contribution in [1.29, 1.82) is 0 Å². The van der Waals surface area contributed by atoms with E-state index in [0.29, 0.717) is 10.6 Å². The molecule has 0 fully saturated rings. The Labute approximate surface area is 130 Å². The molecule has 0 unspecified atom stereocenters. The Hall–Kier alpha value is -2.74. The van der Waals surface area contributed by atoms with E-state index in [1.54, 1.807) is 11.4 Å². The molecule has 0 aliphatic rings. The van der Waals surface area contributed by atoms with Gasteiger partial charge in [0.1, 0.15) is 5.00 Å². The van der Waals surface area contributed by atoms with Crippen molar-refractivity contribution in [3.05, 3.63) is 56.5 Å². The highest BCUT2D eigenvalue weighted by atomic mass is 32.1. The van der Waals surface area contributed by atoms with Crippen molar-refractivity contribution in [3.63, 3.8) is 0 Å². The number of nitro groups is 1. The first kappa shape index (κ1) is 15.6. The number of nitrogens with one attached hydrogen (secondary N) is 2. The Balaban J connectivity index is 2.31. The van der Waals surface area contributed by atoms with Crippen LogP contribution in [-0.2, 0) is 0 Å². The first-order chi connectivity index (χ1) is 10.5. The van der Waals surface area contributed by atoms with Crippen LogP contribution >= 0.6 is 11.3 Å². The zero-order valence-electron chi connectivity index (χ0n) is 11.9. The van der Waals surface area contributed by atoms with E-state index >= 15 is 0 Å². The van der Waals surface area contributed by atoms with E-state index in [0.717, 1.165) is 0 Å². The number of benzene rings is 1. The number of nitro benzene ring substituents is 1. The zero-order valence-corrected chi connectivity index (χ0v) is 12.7. The van der Waals surface area contributed by atoms with Crippen molar-refractivity contribution in [3.8, 4) is 0 Å². The van der Waals surface area contributed by atoms with E-state index < -0.39 is 10.8 Å². The van der Waals surface area contributed by atoms with E-state index in [1.165, 1.54) is 43.5 Å². The molecule has 0 aliphatic heterocycles. The minimum Gasteiger partial charge on any atom is -0.355 e. The largest absolute Gasteiger partial charge is 0.355 e. The zero-order chi connectivity index (χ0) is 16.3. The molecule has 0 spiro atoms. The van der Waals surface area contributed by atoms with E-state index in [1.807, 2.05) is 0 Å². The van der Waals surface area contributed by atoms with Gasteiger partial charge >= 0.3 is 0 Å². The van der Waals surface area contributed by atoms with Gasteiger partial charge in [-0.05, 0) is 24.4 Å². The van der Waals surface area contributed by atoms with Gasteiger partial charge in [0, 0.05) is 24.2 Å². The Morgan fingerprint density at radius 3 is 2.55 bits per heavy atom. The van der Waals surface area contributed by atoms with Crippen LogP contribution in [0, 0.1) is 17.0 Å². The molecule has 114 valence electrons. The second-order valence-electron chi connectivity index (χ2n) is 4.40. The maximum absolute atomic E-state index is 12.3. The smallest absolute Gasteiger partial charge is 0.273 e. The lowest BCUT2D eigenvalue weighted by Crippen LogP contribution is -2.20. The van der Waals surface area contributed by atoms with Gasteiger partial charge in [-0.15, -0.1) is 11.3 Å². The molecule has 1 heterocycles. The van der Waals surface area contributed by atoms with E-state index in [4.69, 9.17) is 0 Å². The topological polar surface area (TPSA) is 101 Å². The summed E-state index contributed by atoms with van der Waals surface area (Å²) in [5.41, 5.74) is 0.711. The molecule has 0 atom stereocenters. The Bertz CT molecular complexity index is 754. The predicted molar refractivity (Wildman–Crippen MR) is 83.5 cm³/mol. The van der Waals surface area contributed by atoms with Gasteiger partial charge in [0.25, 0.3) is 17.5 Å². The lowest BCUT2D eigenvalue weighted by atomic mass is 10.1. The number of rotatable bonds is 4. The van der Waals surface area contributed by atoms with Crippen LogP contribution < -0.4 is 10.6 Å². The second kappa shape index (κ2) is 6.35. The monoisotopic (exact) mass is 319 g/mol. The summed E-state index contributed by atoms with van der Waals surface area (Å²) in [5, 5.41) is 18.1. The van der Waals surface area contributed by atoms with E-state index in [-0.39, 0.29) is 22.7 Å². The summed E-state index contributed by atoms with van der Waals surface area (Å²) >= 11 is 1.21. The summed E-state index contributed by atoms with van der Waals surface area (Å²) in [6.07, 6.45) is 0.